The summed E-state index contributed by atoms with van der Waals surface area (Å²) in [5, 5.41) is 6.24. The Morgan fingerprint density at radius 2 is 2.03 bits per heavy atom. The fourth-order valence-electron chi connectivity index (χ4n) is 4.35. The Kier molecular flexibility index (Phi) is 6.56. The predicted octanol–water partition coefficient (Wildman–Crippen LogP) is 3.82. The minimum atomic E-state index is -2.56. The van der Waals surface area contributed by atoms with Crippen molar-refractivity contribution in [3.05, 3.63) is 58.6 Å². The monoisotopic (exact) mass is 502 g/mol. The normalized spacial score (nSPS) is 17.0. The molecule has 4 aromatic rings. The minimum absolute atomic E-state index is 0.132. The molecule has 1 unspecified atom stereocenters. The van der Waals surface area contributed by atoms with Crippen LogP contribution in [0.5, 0.6) is 0 Å². The molecule has 1 aliphatic heterocycles. The molecule has 0 aliphatic carbocycles. The van der Waals surface area contributed by atoms with Gasteiger partial charge >= 0.3 is 0 Å². The third-order valence-electron chi connectivity index (χ3n) is 6.19. The van der Waals surface area contributed by atoms with E-state index >= 15 is 0 Å². The Bertz CT molecular complexity index is 1300. The van der Waals surface area contributed by atoms with E-state index in [1.165, 1.54) is 17.3 Å². The number of hydrogen-bond donors (Lipinski definition) is 0. The molecule has 1 atom stereocenters. The molecule has 4 heterocycles. The third kappa shape index (κ3) is 4.80. The average molecular weight is 503 g/mol. The number of aromatic nitrogens is 5. The molecule has 0 radical (unpaired) electrons. The lowest BCUT2D eigenvalue weighted by atomic mass is 10.1. The molecule has 1 aliphatic rings. The van der Waals surface area contributed by atoms with Crippen LogP contribution in [0.1, 0.15) is 16.7 Å². The van der Waals surface area contributed by atoms with Gasteiger partial charge in [-0.05, 0) is 30.6 Å². The fourth-order valence-corrected chi connectivity index (χ4v) is 5.24. The van der Waals surface area contributed by atoms with Gasteiger partial charge < -0.3 is 9.80 Å². The summed E-state index contributed by atoms with van der Waals surface area (Å²) in [5.41, 5.74) is 0.484. The number of likely N-dealkylation sites (N-methyl/N-ethyl adjacent to an activating group) is 1. The van der Waals surface area contributed by atoms with Crippen LogP contribution in [0, 0.1) is 5.82 Å². The van der Waals surface area contributed by atoms with Crippen LogP contribution in [0.3, 0.4) is 0 Å². The first-order valence-electron chi connectivity index (χ1n) is 11.2. The van der Waals surface area contributed by atoms with Gasteiger partial charge in [-0.15, -0.1) is 11.3 Å². The van der Waals surface area contributed by atoms with Crippen molar-refractivity contribution in [3.8, 4) is 0 Å². The lowest BCUT2D eigenvalue weighted by Crippen LogP contribution is -2.47. The van der Waals surface area contributed by atoms with E-state index in [1.54, 1.807) is 35.4 Å². The highest BCUT2D eigenvalue weighted by Crippen LogP contribution is 2.32. The molecule has 0 saturated carbocycles. The van der Waals surface area contributed by atoms with Crippen molar-refractivity contribution in [3.63, 3.8) is 0 Å². The summed E-state index contributed by atoms with van der Waals surface area (Å²) in [4.78, 5) is 21.0. The van der Waals surface area contributed by atoms with Crippen LogP contribution in [0.25, 0.3) is 10.9 Å². The van der Waals surface area contributed by atoms with Gasteiger partial charge in [-0.3, -0.25) is 4.90 Å². The van der Waals surface area contributed by atoms with Crippen molar-refractivity contribution >= 4 is 34.0 Å². The van der Waals surface area contributed by atoms with Crippen LogP contribution in [0.2, 0.25) is 0 Å². The van der Waals surface area contributed by atoms with Gasteiger partial charge in [0, 0.05) is 31.6 Å². The van der Waals surface area contributed by atoms with Gasteiger partial charge in [0.05, 0.1) is 23.5 Å². The Hall–Kier alpha value is -3.25. The summed E-state index contributed by atoms with van der Waals surface area (Å²) in [7, 11) is 3.84. The number of rotatable bonds is 7. The molecule has 0 N–H and O–H groups in total. The summed E-state index contributed by atoms with van der Waals surface area (Å²) in [6, 6.07) is 9.11. The van der Waals surface area contributed by atoms with Crippen molar-refractivity contribution in [2.24, 2.45) is 0 Å². The second-order valence-corrected chi connectivity index (χ2v) is 9.52. The highest BCUT2D eigenvalue weighted by Gasteiger charge is 2.29. The van der Waals surface area contributed by atoms with Crippen molar-refractivity contribution in [1.82, 2.24) is 29.6 Å². The summed E-state index contributed by atoms with van der Waals surface area (Å²) < 4.78 is 42.0. The first-order valence-corrected chi connectivity index (χ1v) is 12.1. The van der Waals surface area contributed by atoms with E-state index in [1.807, 2.05) is 6.07 Å². The van der Waals surface area contributed by atoms with Crippen molar-refractivity contribution in [2.45, 2.75) is 25.6 Å². The number of nitrogens with zero attached hydrogens (tertiary/aromatic N) is 8. The number of anilines is 2. The lowest BCUT2D eigenvalue weighted by molar-refractivity contribution is 0.120. The van der Waals surface area contributed by atoms with Crippen LogP contribution in [0.4, 0.5) is 24.9 Å². The average Bonchev–Trinajstić information content (AvgIpc) is 3.51. The highest BCUT2D eigenvalue weighted by atomic mass is 32.1. The minimum Gasteiger partial charge on any atom is -0.351 e. The van der Waals surface area contributed by atoms with Gasteiger partial charge in [0.2, 0.25) is 5.95 Å². The largest absolute Gasteiger partial charge is 0.351 e. The number of fused-ring (bicyclic) bond motifs is 1. The first-order chi connectivity index (χ1) is 16.9. The topological polar surface area (TPSA) is 66.2 Å². The second kappa shape index (κ2) is 9.78. The molecule has 0 bridgehead atoms. The van der Waals surface area contributed by atoms with E-state index in [2.05, 4.69) is 38.4 Å². The molecule has 3 aromatic heterocycles. The Labute approximate surface area is 204 Å². The number of halogens is 3. The Morgan fingerprint density at radius 1 is 1.17 bits per heavy atom. The fraction of sp³-hybridized carbons (Fsp3) is 0.391. The zero-order chi connectivity index (χ0) is 24.5. The lowest BCUT2D eigenvalue weighted by Gasteiger charge is -2.39. The van der Waals surface area contributed by atoms with Crippen LogP contribution in [0.15, 0.2) is 42.0 Å². The quantitative estimate of drug-likeness (QED) is 0.381. The zero-order valence-electron chi connectivity index (χ0n) is 19.4. The summed E-state index contributed by atoms with van der Waals surface area (Å²) in [6.07, 6.45) is -1.32. The third-order valence-corrected chi connectivity index (χ3v) is 7.16. The van der Waals surface area contributed by atoms with Crippen LogP contribution < -0.4 is 9.80 Å². The van der Waals surface area contributed by atoms with Crippen LogP contribution in [-0.4, -0.2) is 69.8 Å². The molecular formula is C23H25F3N8S. The van der Waals surface area contributed by atoms with E-state index in [0.29, 0.717) is 29.7 Å². The number of benzene rings is 1. The molecule has 0 amide bonds. The van der Waals surface area contributed by atoms with Crippen LogP contribution >= 0.6 is 11.3 Å². The van der Waals surface area contributed by atoms with E-state index in [-0.39, 0.29) is 18.0 Å². The van der Waals surface area contributed by atoms with Crippen molar-refractivity contribution in [2.75, 3.05) is 43.5 Å². The molecule has 0 spiro atoms. The molecular weight excluding hydrogens is 477 g/mol. The van der Waals surface area contributed by atoms with E-state index in [0.717, 1.165) is 17.8 Å². The van der Waals surface area contributed by atoms with Gasteiger partial charge in [-0.25, -0.2) is 27.8 Å². The Balaban J connectivity index is 1.50. The zero-order valence-corrected chi connectivity index (χ0v) is 20.2. The molecule has 1 saturated heterocycles. The smallest absolute Gasteiger partial charge is 0.257 e. The molecule has 184 valence electrons. The van der Waals surface area contributed by atoms with Gasteiger partial charge in [0.15, 0.2) is 0 Å². The highest BCUT2D eigenvalue weighted by molar-refractivity contribution is 7.10. The first kappa shape index (κ1) is 23.5. The standard InChI is InChI=1S/C23H25F3N8S/c1-31-8-9-33(11-17(31)18-7-4-10-35-18)23-29-16-6-3-5-15(24)21(16)22(30-23)32(2)13-20-27-14-28-34(20)12-19(25)26/h3-7,10,14,17,19H,8-9,11-13H2,1-2H3. The number of hydrogen-bond acceptors (Lipinski definition) is 8. The number of piperazine rings is 1. The second-order valence-electron chi connectivity index (χ2n) is 8.54. The van der Waals surface area contributed by atoms with Gasteiger partial charge in [0.25, 0.3) is 6.43 Å². The molecule has 8 nitrogen and oxygen atoms in total. The molecule has 35 heavy (non-hydrogen) atoms. The number of thiophene rings is 1. The van der Waals surface area contributed by atoms with Gasteiger partial charge in [0.1, 0.15) is 30.3 Å². The maximum Gasteiger partial charge on any atom is 0.257 e. The summed E-state index contributed by atoms with van der Waals surface area (Å²) in [6.45, 7) is 1.83. The van der Waals surface area contributed by atoms with E-state index in [9.17, 15) is 13.2 Å². The maximum atomic E-state index is 15.0. The van der Waals surface area contributed by atoms with Gasteiger partial charge in [-0.1, -0.05) is 12.1 Å². The molecule has 5 rings (SSSR count). The van der Waals surface area contributed by atoms with Crippen molar-refractivity contribution in [1.29, 1.82) is 0 Å². The maximum absolute atomic E-state index is 15.0. The SMILES string of the molecule is CN(Cc1ncnn1CC(F)F)c1nc(N2CCN(C)C(c3cccs3)C2)nc2cccc(F)c12. The molecule has 12 heteroatoms. The molecule has 1 fully saturated rings. The summed E-state index contributed by atoms with van der Waals surface area (Å²) >= 11 is 1.71. The Morgan fingerprint density at radius 3 is 2.80 bits per heavy atom. The van der Waals surface area contributed by atoms with Gasteiger partial charge in [-0.2, -0.15) is 10.1 Å². The summed E-state index contributed by atoms with van der Waals surface area (Å²) in [5.74, 6) is 0.782. The van der Waals surface area contributed by atoms with Crippen LogP contribution in [-0.2, 0) is 13.1 Å². The van der Waals surface area contributed by atoms with Crippen molar-refractivity contribution < 1.29 is 13.2 Å². The van der Waals surface area contributed by atoms with E-state index < -0.39 is 18.8 Å². The number of alkyl halides is 2. The predicted molar refractivity (Wildman–Crippen MR) is 130 cm³/mol. The molecule has 1 aromatic carbocycles. The van der Waals surface area contributed by atoms with E-state index in [4.69, 9.17) is 9.97 Å².